The quantitative estimate of drug-likeness (QED) is 0.0932. The van der Waals surface area contributed by atoms with Gasteiger partial charge in [0.2, 0.25) is 0 Å². The standard InChI is InChI=1S/C57H66N4O3/c1-37-15-11-23-45(39(37)3)47-31-51(43-21-13-29-60-35-43)56(25-27-58,33-49(47)53(62)41-17-7-5-8-18-41)55(64)57(26-28-59)34-50(54(63)42-19-9-6-10-20-42)48(46-24-12-16-38(2)40(46)4)32-52(57)44-22-14-30-61-36-44/h5-12,15-20,23-24,31-34,43-44,51-52,60-61H,13-14,21-22,25-30,35-36,58-59H2,1-4H3. The van der Waals surface area contributed by atoms with E-state index in [1.165, 1.54) is 0 Å². The lowest BCUT2D eigenvalue weighted by Gasteiger charge is -2.52. The van der Waals surface area contributed by atoms with Crippen molar-refractivity contribution in [2.45, 2.75) is 66.2 Å². The molecule has 2 saturated heterocycles. The third-order valence-corrected chi connectivity index (χ3v) is 15.3. The highest BCUT2D eigenvalue weighted by atomic mass is 16.1. The van der Waals surface area contributed by atoms with Crippen LogP contribution in [0.3, 0.4) is 0 Å². The zero-order valence-electron chi connectivity index (χ0n) is 38.2. The van der Waals surface area contributed by atoms with Crippen LogP contribution in [0.25, 0.3) is 11.1 Å². The summed E-state index contributed by atoms with van der Waals surface area (Å²) in [5.41, 5.74) is 21.5. The number of hydrogen-bond acceptors (Lipinski definition) is 7. The predicted molar refractivity (Wildman–Crippen MR) is 261 cm³/mol. The van der Waals surface area contributed by atoms with Crippen molar-refractivity contribution in [3.63, 3.8) is 0 Å². The number of allylic oxidation sites excluding steroid dienone is 8. The van der Waals surface area contributed by atoms with Gasteiger partial charge in [-0.25, -0.2) is 0 Å². The van der Waals surface area contributed by atoms with E-state index in [9.17, 15) is 0 Å². The molecule has 7 heteroatoms. The van der Waals surface area contributed by atoms with E-state index in [1.54, 1.807) is 0 Å². The maximum absolute atomic E-state index is 17.3. The van der Waals surface area contributed by atoms with Gasteiger partial charge in [-0.2, -0.15) is 0 Å². The van der Waals surface area contributed by atoms with Crippen LogP contribution in [0, 0.1) is 62.2 Å². The van der Waals surface area contributed by atoms with Crippen LogP contribution in [0.5, 0.6) is 0 Å². The van der Waals surface area contributed by atoms with Crippen molar-refractivity contribution in [2.24, 2.45) is 46.0 Å². The number of piperidine rings is 2. The molecule has 0 aromatic heterocycles. The predicted octanol–water partition coefficient (Wildman–Crippen LogP) is 9.50. The first-order valence-corrected chi connectivity index (χ1v) is 23.6. The number of nitrogens with one attached hydrogen (secondary N) is 2. The number of rotatable bonds is 14. The first-order chi connectivity index (χ1) is 31.0. The number of aryl methyl sites for hydroxylation is 2. The second kappa shape index (κ2) is 19.4. The average Bonchev–Trinajstić information content (AvgIpc) is 3.33. The molecule has 7 nitrogen and oxygen atoms in total. The molecule has 0 amide bonds. The lowest BCUT2D eigenvalue weighted by Crippen LogP contribution is -2.56. The molecule has 6 N–H and O–H groups in total. The summed E-state index contributed by atoms with van der Waals surface area (Å²) in [5.74, 6) is -0.686. The van der Waals surface area contributed by atoms with Gasteiger partial charge in [-0.15, -0.1) is 0 Å². The van der Waals surface area contributed by atoms with E-state index < -0.39 is 10.8 Å². The molecule has 6 atom stereocenters. The number of carbonyl (C=O) groups excluding carboxylic acids is 3. The first kappa shape index (κ1) is 45.3. The SMILES string of the molecule is Cc1cccc(C2=CC(C3CCCNC3)C(CCN)(C(=O)C3(CCN)C=C(C(=O)c4ccccc4)C(c4cccc(C)c4C)=CC3C3CCCNC3)C=C2C(=O)c2ccccc2)c1C. The van der Waals surface area contributed by atoms with Crippen LogP contribution in [0.1, 0.15) is 92.6 Å². The Kier molecular flexibility index (Phi) is 13.7. The molecule has 0 spiro atoms. The van der Waals surface area contributed by atoms with Gasteiger partial charge in [0.25, 0.3) is 0 Å². The van der Waals surface area contributed by atoms with Crippen LogP contribution in [0.2, 0.25) is 0 Å². The van der Waals surface area contributed by atoms with Gasteiger partial charge in [0, 0.05) is 22.3 Å². The van der Waals surface area contributed by atoms with E-state index in [2.05, 4.69) is 99.0 Å². The van der Waals surface area contributed by atoms with Gasteiger partial charge in [-0.3, -0.25) is 14.4 Å². The fraction of sp³-hybridized carbons (Fsp3) is 0.386. The van der Waals surface area contributed by atoms with Crippen molar-refractivity contribution in [2.75, 3.05) is 39.3 Å². The zero-order chi connectivity index (χ0) is 45.0. The number of ketones is 3. The highest BCUT2D eigenvalue weighted by molar-refractivity contribution is 6.21. The molecule has 2 aliphatic heterocycles. The second-order valence-electron chi connectivity index (χ2n) is 18.9. The Morgan fingerprint density at radius 1 is 0.562 bits per heavy atom. The molecule has 2 aliphatic carbocycles. The molecule has 4 aromatic rings. The van der Waals surface area contributed by atoms with Crippen LogP contribution in [-0.4, -0.2) is 56.6 Å². The lowest BCUT2D eigenvalue weighted by molar-refractivity contribution is -0.141. The lowest BCUT2D eigenvalue weighted by atomic mass is 9.49. The minimum Gasteiger partial charge on any atom is -0.330 e. The van der Waals surface area contributed by atoms with E-state index >= 15 is 14.4 Å². The fourth-order valence-corrected chi connectivity index (χ4v) is 11.7. The number of carbonyl (C=O) groups is 3. The summed E-state index contributed by atoms with van der Waals surface area (Å²) in [7, 11) is 0. The van der Waals surface area contributed by atoms with E-state index in [-0.39, 0.29) is 54.1 Å². The first-order valence-electron chi connectivity index (χ1n) is 23.6. The van der Waals surface area contributed by atoms with Crippen LogP contribution < -0.4 is 22.1 Å². The van der Waals surface area contributed by atoms with Crippen molar-refractivity contribution in [3.05, 3.63) is 177 Å². The average molecular weight is 855 g/mol. The summed E-state index contributed by atoms with van der Waals surface area (Å²) in [6.45, 7) is 12.2. The Balaban J connectivity index is 1.44. The Hall–Kier alpha value is -5.31. The summed E-state index contributed by atoms with van der Waals surface area (Å²) in [5, 5.41) is 7.36. The molecule has 4 aliphatic rings. The Morgan fingerprint density at radius 3 is 1.33 bits per heavy atom. The normalized spacial score (nSPS) is 26.0. The molecule has 0 radical (unpaired) electrons. The Morgan fingerprint density at radius 2 is 0.969 bits per heavy atom. The molecular formula is C57H66N4O3. The van der Waals surface area contributed by atoms with Gasteiger partial charge in [0.15, 0.2) is 17.3 Å². The number of hydrogen-bond donors (Lipinski definition) is 4. The van der Waals surface area contributed by atoms with Gasteiger partial charge in [0.1, 0.15) is 0 Å². The van der Waals surface area contributed by atoms with Crippen molar-refractivity contribution in [3.8, 4) is 0 Å². The van der Waals surface area contributed by atoms with Crippen LogP contribution in [0.4, 0.5) is 0 Å². The molecule has 2 fully saturated rings. The summed E-state index contributed by atoms with van der Waals surface area (Å²) in [6, 6.07) is 31.4. The van der Waals surface area contributed by atoms with E-state index in [0.29, 0.717) is 35.1 Å². The van der Waals surface area contributed by atoms with Gasteiger partial charge in [-0.05, 0) is 174 Å². The molecule has 0 saturated carbocycles. The Labute approximate surface area is 380 Å². The number of Topliss-reactive ketones (excluding diaryl/α,β-unsaturated/α-hetero) is 3. The van der Waals surface area contributed by atoms with Crippen molar-refractivity contribution >= 4 is 28.5 Å². The van der Waals surface area contributed by atoms with Crippen molar-refractivity contribution in [1.82, 2.24) is 10.6 Å². The molecule has 0 bridgehead atoms. The van der Waals surface area contributed by atoms with Gasteiger partial charge in [0.05, 0.1) is 10.8 Å². The summed E-state index contributed by atoms with van der Waals surface area (Å²) >= 11 is 0. The number of benzene rings is 4. The monoisotopic (exact) mass is 855 g/mol. The molecule has 8 rings (SSSR count). The smallest absolute Gasteiger partial charge is 0.193 e. The zero-order valence-corrected chi connectivity index (χ0v) is 38.2. The third-order valence-electron chi connectivity index (χ3n) is 15.3. The maximum Gasteiger partial charge on any atom is 0.193 e. The van der Waals surface area contributed by atoms with Crippen LogP contribution in [0.15, 0.2) is 133 Å². The maximum atomic E-state index is 17.3. The Bertz CT molecular complexity index is 2330. The topological polar surface area (TPSA) is 127 Å². The summed E-state index contributed by atoms with van der Waals surface area (Å²) < 4.78 is 0. The third kappa shape index (κ3) is 8.40. The largest absolute Gasteiger partial charge is 0.330 e. The van der Waals surface area contributed by atoms with E-state index in [0.717, 1.165) is 96.4 Å². The van der Waals surface area contributed by atoms with Gasteiger partial charge in [-0.1, -0.05) is 121 Å². The van der Waals surface area contributed by atoms with E-state index in [4.69, 9.17) is 11.5 Å². The van der Waals surface area contributed by atoms with Gasteiger partial charge >= 0.3 is 0 Å². The minimum absolute atomic E-state index is 0.00583. The minimum atomic E-state index is -1.21. The second-order valence-corrected chi connectivity index (χ2v) is 18.9. The number of nitrogens with two attached hydrogens (primary N) is 2. The van der Waals surface area contributed by atoms with Gasteiger partial charge < -0.3 is 22.1 Å². The van der Waals surface area contributed by atoms with Crippen LogP contribution >= 0.6 is 0 Å². The van der Waals surface area contributed by atoms with Crippen molar-refractivity contribution < 1.29 is 14.4 Å². The van der Waals surface area contributed by atoms with Crippen molar-refractivity contribution in [1.29, 1.82) is 0 Å². The van der Waals surface area contributed by atoms with Crippen LogP contribution in [-0.2, 0) is 4.79 Å². The molecular weight excluding hydrogens is 789 g/mol. The van der Waals surface area contributed by atoms with E-state index in [1.807, 2.05) is 60.7 Å². The highest BCUT2D eigenvalue weighted by Gasteiger charge is 2.59. The summed E-state index contributed by atoms with van der Waals surface area (Å²) in [6.07, 6.45) is 13.2. The molecule has 64 heavy (non-hydrogen) atoms. The molecule has 6 unspecified atom stereocenters. The summed E-state index contributed by atoms with van der Waals surface area (Å²) in [4.78, 5) is 47.8. The molecule has 4 aromatic carbocycles. The molecule has 2 heterocycles. The fourth-order valence-electron chi connectivity index (χ4n) is 11.7. The highest BCUT2D eigenvalue weighted by Crippen LogP contribution is 2.58. The molecule has 332 valence electrons.